The van der Waals surface area contributed by atoms with Gasteiger partial charge >= 0.3 is 0 Å². The van der Waals surface area contributed by atoms with Gasteiger partial charge in [-0.15, -0.1) is 11.3 Å². The summed E-state index contributed by atoms with van der Waals surface area (Å²) < 4.78 is 0. The molecule has 0 amide bonds. The Labute approximate surface area is 123 Å². The summed E-state index contributed by atoms with van der Waals surface area (Å²) in [5, 5.41) is 8.56. The van der Waals surface area contributed by atoms with Gasteiger partial charge in [-0.1, -0.05) is 13.8 Å². The third kappa shape index (κ3) is 4.15. The van der Waals surface area contributed by atoms with Crippen LogP contribution in [-0.4, -0.2) is 39.6 Å². The lowest BCUT2D eigenvalue weighted by molar-refractivity contribution is 0.486. The van der Waals surface area contributed by atoms with Crippen molar-refractivity contribution in [3.8, 4) is 0 Å². The minimum Gasteiger partial charge on any atom is -0.312 e. The maximum atomic E-state index is 4.45. The lowest BCUT2D eigenvalue weighted by Crippen LogP contribution is -2.46. The average molecular weight is 303 g/mol. The van der Waals surface area contributed by atoms with E-state index in [-0.39, 0.29) is 0 Å². The van der Waals surface area contributed by atoms with Crippen molar-refractivity contribution in [1.29, 1.82) is 0 Å². The fourth-order valence-electron chi connectivity index (χ4n) is 2.27. The van der Waals surface area contributed by atoms with Crippen LogP contribution < -0.4 is 5.32 Å². The van der Waals surface area contributed by atoms with Gasteiger partial charge in [-0.2, -0.15) is 23.5 Å². The molecular formula is C13H22N2S3. The molecule has 3 unspecified atom stereocenters. The molecule has 5 heteroatoms. The molecule has 0 spiro atoms. The monoisotopic (exact) mass is 302 g/mol. The first-order chi connectivity index (χ1) is 8.81. The smallest absolute Gasteiger partial charge is 0.0940 e. The molecular weight excluding hydrogens is 280 g/mol. The molecule has 1 aliphatic rings. The first-order valence-electron chi connectivity index (χ1n) is 6.66. The Hall–Kier alpha value is 0.290. The van der Waals surface area contributed by atoms with Gasteiger partial charge in [0.1, 0.15) is 0 Å². The maximum absolute atomic E-state index is 4.45. The van der Waals surface area contributed by atoms with Gasteiger partial charge in [0.2, 0.25) is 0 Å². The molecule has 0 aromatic carbocycles. The Morgan fingerprint density at radius 3 is 2.94 bits per heavy atom. The standard InChI is InChI=1S/C13H22N2S3/c1-3-4-14-11(9-12-15-5-6-17-12)13-10(2)16-7-8-18-13/h5-6,10-11,13-14H,3-4,7-9H2,1-2H3. The lowest BCUT2D eigenvalue weighted by atomic mass is 10.1. The van der Waals surface area contributed by atoms with Gasteiger partial charge in [0, 0.05) is 46.0 Å². The van der Waals surface area contributed by atoms with Gasteiger partial charge < -0.3 is 5.32 Å². The van der Waals surface area contributed by atoms with Crippen LogP contribution in [0.25, 0.3) is 0 Å². The number of hydrogen-bond donors (Lipinski definition) is 1. The van der Waals surface area contributed by atoms with E-state index in [1.54, 1.807) is 11.3 Å². The van der Waals surface area contributed by atoms with Crippen molar-refractivity contribution < 1.29 is 0 Å². The first-order valence-corrected chi connectivity index (χ1v) is 9.64. The topological polar surface area (TPSA) is 24.9 Å². The van der Waals surface area contributed by atoms with E-state index in [4.69, 9.17) is 0 Å². The van der Waals surface area contributed by atoms with Crippen LogP contribution in [-0.2, 0) is 6.42 Å². The molecule has 1 aromatic heterocycles. The average Bonchev–Trinajstić information content (AvgIpc) is 2.88. The molecule has 0 aliphatic carbocycles. The summed E-state index contributed by atoms with van der Waals surface area (Å²) in [6.07, 6.45) is 4.20. The quantitative estimate of drug-likeness (QED) is 0.871. The van der Waals surface area contributed by atoms with E-state index in [1.807, 2.05) is 6.20 Å². The summed E-state index contributed by atoms with van der Waals surface area (Å²) in [5.41, 5.74) is 0. The van der Waals surface area contributed by atoms with Gasteiger partial charge in [-0.25, -0.2) is 4.98 Å². The Morgan fingerprint density at radius 1 is 1.44 bits per heavy atom. The molecule has 0 bridgehead atoms. The molecule has 3 atom stereocenters. The van der Waals surface area contributed by atoms with Crippen LogP contribution in [0.5, 0.6) is 0 Å². The predicted octanol–water partition coefficient (Wildman–Crippen LogP) is 3.29. The molecule has 0 saturated carbocycles. The van der Waals surface area contributed by atoms with Crippen LogP contribution in [0.4, 0.5) is 0 Å². The van der Waals surface area contributed by atoms with Gasteiger partial charge in [0.15, 0.2) is 0 Å². The second-order valence-corrected chi connectivity index (χ2v) is 8.35. The van der Waals surface area contributed by atoms with Crippen molar-refractivity contribution in [3.63, 3.8) is 0 Å². The van der Waals surface area contributed by atoms with Gasteiger partial charge in [-0.3, -0.25) is 0 Å². The Balaban J connectivity index is 1.98. The zero-order chi connectivity index (χ0) is 12.8. The fraction of sp³-hybridized carbons (Fsp3) is 0.769. The van der Waals surface area contributed by atoms with Crippen molar-refractivity contribution in [1.82, 2.24) is 10.3 Å². The second kappa shape index (κ2) is 7.78. The summed E-state index contributed by atoms with van der Waals surface area (Å²) >= 11 is 6.05. The molecule has 18 heavy (non-hydrogen) atoms. The van der Waals surface area contributed by atoms with Crippen LogP contribution in [0.2, 0.25) is 0 Å². The van der Waals surface area contributed by atoms with E-state index in [0.29, 0.717) is 6.04 Å². The first kappa shape index (κ1) is 14.7. The van der Waals surface area contributed by atoms with E-state index < -0.39 is 0 Å². The molecule has 1 aromatic rings. The molecule has 0 radical (unpaired) electrons. The number of hydrogen-bond acceptors (Lipinski definition) is 5. The summed E-state index contributed by atoms with van der Waals surface area (Å²) in [6.45, 7) is 5.73. The van der Waals surface area contributed by atoms with Crippen LogP contribution in [0.1, 0.15) is 25.3 Å². The van der Waals surface area contributed by atoms with Gasteiger partial charge in [-0.05, 0) is 13.0 Å². The largest absolute Gasteiger partial charge is 0.312 e. The second-order valence-electron chi connectivity index (χ2n) is 4.60. The Kier molecular flexibility index (Phi) is 6.35. The predicted molar refractivity (Wildman–Crippen MR) is 86.1 cm³/mol. The number of thioether (sulfide) groups is 2. The van der Waals surface area contributed by atoms with E-state index >= 15 is 0 Å². The van der Waals surface area contributed by atoms with Crippen molar-refractivity contribution in [2.45, 2.75) is 43.2 Å². The van der Waals surface area contributed by atoms with Crippen LogP contribution >= 0.6 is 34.9 Å². The summed E-state index contributed by atoms with van der Waals surface area (Å²) in [6, 6.07) is 0.573. The normalized spacial score (nSPS) is 26.1. The molecule has 2 rings (SSSR count). The minimum absolute atomic E-state index is 0.573. The Morgan fingerprint density at radius 2 is 2.28 bits per heavy atom. The molecule has 1 saturated heterocycles. The van der Waals surface area contributed by atoms with E-state index in [1.165, 1.54) is 22.9 Å². The minimum atomic E-state index is 0.573. The fourth-order valence-corrected chi connectivity index (χ4v) is 5.90. The molecule has 2 nitrogen and oxygen atoms in total. The van der Waals surface area contributed by atoms with Gasteiger partial charge in [0.25, 0.3) is 0 Å². The van der Waals surface area contributed by atoms with Crippen molar-refractivity contribution in [3.05, 3.63) is 16.6 Å². The number of nitrogens with zero attached hydrogens (tertiary/aromatic N) is 1. The number of thiazole rings is 1. The highest BCUT2D eigenvalue weighted by Crippen LogP contribution is 2.34. The van der Waals surface area contributed by atoms with Crippen molar-refractivity contribution in [2.24, 2.45) is 0 Å². The Bertz CT molecular complexity index is 329. The van der Waals surface area contributed by atoms with Gasteiger partial charge in [0.05, 0.1) is 5.01 Å². The maximum Gasteiger partial charge on any atom is 0.0940 e. The molecule has 102 valence electrons. The molecule has 1 N–H and O–H groups in total. The zero-order valence-electron chi connectivity index (χ0n) is 11.1. The third-order valence-corrected chi connectivity index (χ3v) is 7.22. The summed E-state index contributed by atoms with van der Waals surface area (Å²) in [7, 11) is 0. The number of nitrogens with one attached hydrogen (secondary N) is 1. The SMILES string of the molecule is CCCNC(Cc1nccs1)C1SCCSC1C. The highest BCUT2D eigenvalue weighted by atomic mass is 32.2. The van der Waals surface area contributed by atoms with E-state index in [0.717, 1.165) is 23.5 Å². The zero-order valence-corrected chi connectivity index (χ0v) is 13.5. The highest BCUT2D eigenvalue weighted by molar-refractivity contribution is 8.07. The molecule has 1 aliphatic heterocycles. The summed E-state index contributed by atoms with van der Waals surface area (Å²) in [5.74, 6) is 2.60. The van der Waals surface area contributed by atoms with E-state index in [9.17, 15) is 0 Å². The highest BCUT2D eigenvalue weighted by Gasteiger charge is 2.30. The number of rotatable bonds is 6. The van der Waals surface area contributed by atoms with Crippen LogP contribution in [0.15, 0.2) is 11.6 Å². The lowest BCUT2D eigenvalue weighted by Gasteiger charge is -2.34. The molecule has 2 heterocycles. The van der Waals surface area contributed by atoms with E-state index in [2.05, 4.69) is 53.1 Å². The summed E-state index contributed by atoms with van der Waals surface area (Å²) in [4.78, 5) is 4.45. The molecule has 1 fully saturated rings. The van der Waals surface area contributed by atoms with Crippen molar-refractivity contribution >= 4 is 34.9 Å². The number of aromatic nitrogens is 1. The third-order valence-electron chi connectivity index (χ3n) is 3.17. The van der Waals surface area contributed by atoms with Crippen LogP contribution in [0.3, 0.4) is 0 Å². The van der Waals surface area contributed by atoms with Crippen LogP contribution in [0, 0.1) is 0 Å². The van der Waals surface area contributed by atoms with Crippen molar-refractivity contribution in [2.75, 3.05) is 18.1 Å².